The van der Waals surface area contributed by atoms with E-state index in [2.05, 4.69) is 10.6 Å². The van der Waals surface area contributed by atoms with Crippen LogP contribution in [0.15, 0.2) is 18.2 Å². The maximum Gasteiger partial charge on any atom is 0.416 e. The molecule has 0 saturated heterocycles. The van der Waals surface area contributed by atoms with Crippen molar-refractivity contribution in [1.29, 1.82) is 0 Å². The molecule has 1 aromatic carbocycles. The number of nitrogens with one attached hydrogen (secondary N) is 2. The average molecular weight is 316 g/mol. The van der Waals surface area contributed by atoms with Gasteiger partial charge in [-0.05, 0) is 44.0 Å². The second kappa shape index (κ2) is 7.63. The molecule has 1 rings (SSSR count). The van der Waals surface area contributed by atoms with Crippen molar-refractivity contribution in [2.45, 2.75) is 46.0 Å². The van der Waals surface area contributed by atoms with E-state index in [1.54, 1.807) is 20.0 Å². The van der Waals surface area contributed by atoms with Crippen LogP contribution in [-0.4, -0.2) is 19.0 Å². The third-order valence-electron chi connectivity index (χ3n) is 3.30. The highest BCUT2D eigenvalue weighted by Gasteiger charge is 2.30. The lowest BCUT2D eigenvalue weighted by molar-refractivity contribution is -0.137. The van der Waals surface area contributed by atoms with E-state index in [-0.39, 0.29) is 18.5 Å². The topological polar surface area (TPSA) is 41.1 Å². The maximum absolute atomic E-state index is 12.8. The average Bonchev–Trinajstić information content (AvgIpc) is 2.40. The molecule has 22 heavy (non-hydrogen) atoms. The molecule has 0 aliphatic rings. The van der Waals surface area contributed by atoms with Gasteiger partial charge >= 0.3 is 6.18 Å². The highest BCUT2D eigenvalue weighted by Crippen LogP contribution is 2.30. The number of hydrogen-bond donors (Lipinski definition) is 2. The molecule has 0 unspecified atom stereocenters. The third kappa shape index (κ3) is 5.67. The number of likely N-dealkylation sites (N-methyl/N-ethyl adjacent to an activating group) is 1. The number of aryl methyl sites for hydroxylation is 1. The lowest BCUT2D eigenvalue weighted by atomic mass is 10.0. The molecule has 3 nitrogen and oxygen atoms in total. The Bertz CT molecular complexity index is 513. The van der Waals surface area contributed by atoms with Gasteiger partial charge in [0.1, 0.15) is 0 Å². The fraction of sp³-hybridized carbons (Fsp3) is 0.562. The first-order valence-electron chi connectivity index (χ1n) is 7.26. The SMILES string of the molecule is CN[C@H](CC(C)C)C(=O)NCc1cc(C)cc(C(F)(F)F)c1. The molecule has 0 saturated carbocycles. The van der Waals surface area contributed by atoms with Crippen molar-refractivity contribution in [3.8, 4) is 0 Å². The summed E-state index contributed by atoms with van der Waals surface area (Å²) in [5.41, 5.74) is 0.274. The van der Waals surface area contributed by atoms with Gasteiger partial charge in [0, 0.05) is 6.54 Å². The molecule has 1 amide bonds. The second-order valence-corrected chi connectivity index (χ2v) is 5.89. The van der Waals surface area contributed by atoms with Crippen molar-refractivity contribution in [2.75, 3.05) is 7.05 Å². The first-order chi connectivity index (χ1) is 10.1. The molecule has 1 aromatic rings. The van der Waals surface area contributed by atoms with Crippen molar-refractivity contribution in [1.82, 2.24) is 10.6 Å². The Morgan fingerprint density at radius 1 is 1.23 bits per heavy atom. The van der Waals surface area contributed by atoms with Crippen LogP contribution in [-0.2, 0) is 17.5 Å². The van der Waals surface area contributed by atoms with Crippen molar-refractivity contribution in [2.24, 2.45) is 5.92 Å². The number of carbonyl (C=O) groups excluding carboxylic acids is 1. The van der Waals surface area contributed by atoms with Crippen LogP contribution in [0.1, 0.15) is 37.0 Å². The summed E-state index contributed by atoms with van der Waals surface area (Å²) in [6.45, 7) is 5.71. The van der Waals surface area contributed by atoms with Crippen LogP contribution in [0.3, 0.4) is 0 Å². The number of amides is 1. The minimum absolute atomic E-state index is 0.0832. The number of benzene rings is 1. The molecule has 1 atom stereocenters. The van der Waals surface area contributed by atoms with Gasteiger partial charge in [0.25, 0.3) is 0 Å². The van der Waals surface area contributed by atoms with Crippen LogP contribution in [0.5, 0.6) is 0 Å². The Morgan fingerprint density at radius 2 is 1.86 bits per heavy atom. The van der Waals surface area contributed by atoms with Crippen molar-refractivity contribution in [3.05, 3.63) is 34.9 Å². The van der Waals surface area contributed by atoms with Crippen molar-refractivity contribution >= 4 is 5.91 Å². The van der Waals surface area contributed by atoms with Gasteiger partial charge < -0.3 is 10.6 Å². The zero-order valence-electron chi connectivity index (χ0n) is 13.3. The van der Waals surface area contributed by atoms with E-state index in [0.29, 0.717) is 23.5 Å². The molecule has 0 bridgehead atoms. The summed E-state index contributed by atoms with van der Waals surface area (Å²) in [6.07, 6.45) is -3.71. The summed E-state index contributed by atoms with van der Waals surface area (Å²) in [6, 6.07) is 3.48. The van der Waals surface area contributed by atoms with E-state index in [1.807, 2.05) is 13.8 Å². The fourth-order valence-corrected chi connectivity index (χ4v) is 2.27. The maximum atomic E-state index is 12.8. The van der Waals surface area contributed by atoms with Gasteiger partial charge in [0.2, 0.25) is 5.91 Å². The Labute approximate surface area is 129 Å². The van der Waals surface area contributed by atoms with E-state index in [0.717, 1.165) is 12.1 Å². The molecular formula is C16H23F3N2O. The normalized spacial score (nSPS) is 13.3. The van der Waals surface area contributed by atoms with E-state index >= 15 is 0 Å². The van der Waals surface area contributed by atoms with Crippen LogP contribution in [0.2, 0.25) is 0 Å². The van der Waals surface area contributed by atoms with Crippen LogP contribution >= 0.6 is 0 Å². The summed E-state index contributed by atoms with van der Waals surface area (Å²) >= 11 is 0. The summed E-state index contributed by atoms with van der Waals surface area (Å²) in [7, 11) is 1.70. The monoisotopic (exact) mass is 316 g/mol. The first-order valence-corrected chi connectivity index (χ1v) is 7.26. The highest BCUT2D eigenvalue weighted by molar-refractivity contribution is 5.81. The standard InChI is InChI=1S/C16H23F3N2O/c1-10(2)5-14(20-4)15(22)21-9-12-6-11(3)7-13(8-12)16(17,18)19/h6-8,10,14,20H,5,9H2,1-4H3,(H,21,22)/t14-/m1/s1. The van der Waals surface area contributed by atoms with Crippen LogP contribution in [0, 0.1) is 12.8 Å². The first kappa shape index (κ1) is 18.5. The molecule has 0 radical (unpaired) electrons. The Morgan fingerprint density at radius 3 is 2.36 bits per heavy atom. The molecule has 0 fully saturated rings. The van der Waals surface area contributed by atoms with E-state index < -0.39 is 11.7 Å². The predicted octanol–water partition coefficient (Wildman–Crippen LogP) is 3.26. The van der Waals surface area contributed by atoms with Crippen molar-refractivity contribution < 1.29 is 18.0 Å². The summed E-state index contributed by atoms with van der Waals surface area (Å²) in [4.78, 5) is 12.1. The minimum atomic E-state index is -4.38. The Kier molecular flexibility index (Phi) is 6.41. The molecule has 2 N–H and O–H groups in total. The fourth-order valence-electron chi connectivity index (χ4n) is 2.27. The number of halogens is 3. The van der Waals surface area contributed by atoms with Gasteiger partial charge in [-0.25, -0.2) is 0 Å². The molecule has 0 spiro atoms. The van der Waals surface area contributed by atoms with E-state index in [1.165, 1.54) is 0 Å². The van der Waals surface area contributed by atoms with Gasteiger partial charge in [-0.2, -0.15) is 13.2 Å². The summed E-state index contributed by atoms with van der Waals surface area (Å²) in [5, 5.41) is 5.62. The van der Waals surface area contributed by atoms with E-state index in [9.17, 15) is 18.0 Å². The van der Waals surface area contributed by atoms with Gasteiger partial charge in [-0.3, -0.25) is 4.79 Å². The number of alkyl halides is 3. The summed E-state index contributed by atoms with van der Waals surface area (Å²) in [5.74, 6) is 0.144. The lowest BCUT2D eigenvalue weighted by Gasteiger charge is -2.18. The second-order valence-electron chi connectivity index (χ2n) is 5.89. The molecule has 0 aliphatic heterocycles. The zero-order valence-corrected chi connectivity index (χ0v) is 13.3. The molecular weight excluding hydrogens is 293 g/mol. The molecule has 0 aliphatic carbocycles. The van der Waals surface area contributed by atoms with Crippen LogP contribution < -0.4 is 10.6 Å². The van der Waals surface area contributed by atoms with Gasteiger partial charge in [0.05, 0.1) is 11.6 Å². The molecule has 0 aromatic heterocycles. The Hall–Kier alpha value is -1.56. The summed E-state index contributed by atoms with van der Waals surface area (Å²) < 4.78 is 38.3. The van der Waals surface area contributed by atoms with Crippen molar-refractivity contribution in [3.63, 3.8) is 0 Å². The molecule has 124 valence electrons. The van der Waals surface area contributed by atoms with E-state index in [4.69, 9.17) is 0 Å². The zero-order chi connectivity index (χ0) is 16.9. The minimum Gasteiger partial charge on any atom is -0.351 e. The van der Waals surface area contributed by atoms with Gasteiger partial charge in [0.15, 0.2) is 0 Å². The van der Waals surface area contributed by atoms with Gasteiger partial charge in [-0.1, -0.05) is 25.5 Å². The van der Waals surface area contributed by atoms with Crippen LogP contribution in [0.4, 0.5) is 13.2 Å². The smallest absolute Gasteiger partial charge is 0.351 e. The highest BCUT2D eigenvalue weighted by atomic mass is 19.4. The quantitative estimate of drug-likeness (QED) is 0.846. The number of carbonyl (C=O) groups is 1. The molecule has 6 heteroatoms. The van der Waals surface area contributed by atoms with Crippen LogP contribution in [0.25, 0.3) is 0 Å². The largest absolute Gasteiger partial charge is 0.416 e. The lowest BCUT2D eigenvalue weighted by Crippen LogP contribution is -2.43. The predicted molar refractivity (Wildman–Crippen MR) is 80.3 cm³/mol. The Balaban J connectivity index is 2.75. The third-order valence-corrected chi connectivity index (χ3v) is 3.30. The number of hydrogen-bond acceptors (Lipinski definition) is 2. The molecule has 0 heterocycles. The number of rotatable bonds is 6. The van der Waals surface area contributed by atoms with Gasteiger partial charge in [-0.15, -0.1) is 0 Å².